The summed E-state index contributed by atoms with van der Waals surface area (Å²) in [5, 5.41) is 9.60. The molecular formula is C19H13N3O. The van der Waals surface area contributed by atoms with E-state index in [0.717, 1.165) is 17.6 Å². The van der Waals surface area contributed by atoms with Gasteiger partial charge in [-0.3, -0.25) is 9.36 Å². The van der Waals surface area contributed by atoms with Crippen LogP contribution in [0.4, 0.5) is 0 Å². The minimum atomic E-state index is -0.0362. The van der Waals surface area contributed by atoms with E-state index in [0.29, 0.717) is 28.8 Å². The summed E-state index contributed by atoms with van der Waals surface area (Å²) in [5.41, 5.74) is 3.21. The van der Waals surface area contributed by atoms with Crippen molar-refractivity contribution in [2.45, 2.75) is 13.0 Å². The Morgan fingerprint density at radius 2 is 2.00 bits per heavy atom. The van der Waals surface area contributed by atoms with E-state index in [-0.39, 0.29) is 5.56 Å². The van der Waals surface area contributed by atoms with Gasteiger partial charge in [0.2, 0.25) is 0 Å². The van der Waals surface area contributed by atoms with E-state index in [4.69, 9.17) is 5.26 Å². The van der Waals surface area contributed by atoms with Crippen molar-refractivity contribution in [1.82, 2.24) is 9.55 Å². The molecule has 0 N–H and O–H groups in total. The molecule has 1 aliphatic heterocycles. The van der Waals surface area contributed by atoms with Crippen LogP contribution in [-0.2, 0) is 6.54 Å². The van der Waals surface area contributed by atoms with Gasteiger partial charge in [-0.1, -0.05) is 30.3 Å². The number of fused-ring (bicyclic) bond motifs is 2. The van der Waals surface area contributed by atoms with Crippen molar-refractivity contribution in [2.75, 3.05) is 0 Å². The average Bonchev–Trinajstić information content (AvgIpc) is 2.98. The Bertz CT molecular complexity index is 1040. The van der Waals surface area contributed by atoms with Gasteiger partial charge in [0.25, 0.3) is 5.56 Å². The standard InChI is InChI=1S/C19H13N3O/c20-12-14-6-7-16-17(11-14)21-18-15(8-9-22(18)19(16)23)10-13-4-2-1-3-5-13/h1-7,10-11H,8-9H2. The highest BCUT2D eigenvalue weighted by molar-refractivity contribution is 5.85. The molecule has 0 spiro atoms. The van der Waals surface area contributed by atoms with Crippen molar-refractivity contribution in [3.05, 3.63) is 75.8 Å². The molecule has 0 saturated heterocycles. The summed E-state index contributed by atoms with van der Waals surface area (Å²) in [6, 6.07) is 17.1. The zero-order valence-electron chi connectivity index (χ0n) is 12.4. The predicted molar refractivity (Wildman–Crippen MR) is 89.6 cm³/mol. The van der Waals surface area contributed by atoms with Crippen LogP contribution < -0.4 is 5.56 Å². The van der Waals surface area contributed by atoms with Crippen LogP contribution in [0.2, 0.25) is 0 Å². The smallest absolute Gasteiger partial charge is 0.261 e. The fourth-order valence-electron chi connectivity index (χ4n) is 2.97. The Labute approximate surface area is 133 Å². The van der Waals surface area contributed by atoms with Gasteiger partial charge in [0.1, 0.15) is 5.82 Å². The second-order valence-electron chi connectivity index (χ2n) is 5.57. The molecule has 0 radical (unpaired) electrons. The lowest BCUT2D eigenvalue weighted by molar-refractivity contribution is 0.725. The number of hydrogen-bond donors (Lipinski definition) is 0. The summed E-state index contributed by atoms with van der Waals surface area (Å²) in [5.74, 6) is 0.710. The van der Waals surface area contributed by atoms with E-state index < -0.39 is 0 Å². The van der Waals surface area contributed by atoms with Crippen LogP contribution in [-0.4, -0.2) is 9.55 Å². The van der Waals surface area contributed by atoms with Crippen molar-refractivity contribution in [3.63, 3.8) is 0 Å². The number of allylic oxidation sites excluding steroid dienone is 1. The quantitative estimate of drug-likeness (QED) is 0.693. The highest BCUT2D eigenvalue weighted by atomic mass is 16.1. The summed E-state index contributed by atoms with van der Waals surface area (Å²) in [4.78, 5) is 17.3. The molecule has 0 unspecified atom stereocenters. The predicted octanol–water partition coefficient (Wildman–Crippen LogP) is 3.21. The fourth-order valence-corrected chi connectivity index (χ4v) is 2.97. The molecular weight excluding hydrogens is 286 g/mol. The van der Waals surface area contributed by atoms with E-state index in [9.17, 15) is 4.79 Å². The Morgan fingerprint density at radius 1 is 1.17 bits per heavy atom. The minimum absolute atomic E-state index is 0.0362. The first kappa shape index (κ1) is 13.5. The second kappa shape index (κ2) is 5.22. The Hall–Kier alpha value is -3.19. The topological polar surface area (TPSA) is 58.7 Å². The van der Waals surface area contributed by atoms with Crippen molar-refractivity contribution >= 4 is 22.6 Å². The van der Waals surface area contributed by atoms with Gasteiger partial charge in [-0.2, -0.15) is 5.26 Å². The van der Waals surface area contributed by atoms with Gasteiger partial charge < -0.3 is 0 Å². The average molecular weight is 299 g/mol. The lowest BCUT2D eigenvalue weighted by Gasteiger charge is -2.05. The first-order valence-electron chi connectivity index (χ1n) is 7.47. The SMILES string of the molecule is N#Cc1ccc2c(=O)n3c(nc2c1)C(=Cc1ccccc1)CC3. The zero-order chi connectivity index (χ0) is 15.8. The highest BCUT2D eigenvalue weighted by Crippen LogP contribution is 2.27. The van der Waals surface area contributed by atoms with Gasteiger partial charge in [0.15, 0.2) is 0 Å². The summed E-state index contributed by atoms with van der Waals surface area (Å²) in [6.07, 6.45) is 2.86. The van der Waals surface area contributed by atoms with Gasteiger partial charge in [-0.15, -0.1) is 0 Å². The Kier molecular flexibility index (Phi) is 3.06. The number of benzene rings is 2. The lowest BCUT2D eigenvalue weighted by Crippen LogP contribution is -2.20. The lowest BCUT2D eigenvalue weighted by atomic mass is 10.1. The van der Waals surface area contributed by atoms with E-state index in [1.165, 1.54) is 0 Å². The van der Waals surface area contributed by atoms with Crippen molar-refractivity contribution in [2.24, 2.45) is 0 Å². The highest BCUT2D eigenvalue weighted by Gasteiger charge is 2.20. The summed E-state index contributed by atoms with van der Waals surface area (Å²) < 4.78 is 1.73. The van der Waals surface area contributed by atoms with Crippen molar-refractivity contribution in [1.29, 1.82) is 5.26 Å². The fraction of sp³-hybridized carbons (Fsp3) is 0.105. The van der Waals surface area contributed by atoms with Crippen LogP contribution in [0.15, 0.2) is 53.3 Å². The summed E-state index contributed by atoms with van der Waals surface area (Å²) in [7, 11) is 0. The Balaban J connectivity index is 1.93. The molecule has 4 nitrogen and oxygen atoms in total. The molecule has 0 bridgehead atoms. The van der Waals surface area contributed by atoms with E-state index in [2.05, 4.69) is 17.1 Å². The summed E-state index contributed by atoms with van der Waals surface area (Å²) >= 11 is 0. The molecule has 0 saturated carbocycles. The van der Waals surface area contributed by atoms with E-state index in [1.54, 1.807) is 22.8 Å². The molecule has 1 aliphatic rings. The van der Waals surface area contributed by atoms with Gasteiger partial charge in [-0.05, 0) is 41.8 Å². The normalized spacial score (nSPS) is 14.8. The molecule has 2 heterocycles. The molecule has 0 atom stereocenters. The third-order valence-corrected chi connectivity index (χ3v) is 4.12. The van der Waals surface area contributed by atoms with Crippen LogP contribution in [0.5, 0.6) is 0 Å². The van der Waals surface area contributed by atoms with Gasteiger partial charge in [0.05, 0.1) is 22.5 Å². The largest absolute Gasteiger partial charge is 0.292 e. The third kappa shape index (κ3) is 2.23. The van der Waals surface area contributed by atoms with Crippen LogP contribution >= 0.6 is 0 Å². The number of aromatic nitrogens is 2. The minimum Gasteiger partial charge on any atom is -0.292 e. The summed E-state index contributed by atoms with van der Waals surface area (Å²) in [6.45, 7) is 0.649. The molecule has 0 aliphatic carbocycles. The molecule has 0 fully saturated rings. The molecule has 3 aromatic rings. The number of hydrogen-bond acceptors (Lipinski definition) is 3. The van der Waals surface area contributed by atoms with Gasteiger partial charge >= 0.3 is 0 Å². The molecule has 23 heavy (non-hydrogen) atoms. The molecule has 0 amide bonds. The second-order valence-corrected chi connectivity index (χ2v) is 5.57. The van der Waals surface area contributed by atoms with Crippen molar-refractivity contribution in [3.8, 4) is 6.07 Å². The number of nitriles is 1. The van der Waals surface area contributed by atoms with Gasteiger partial charge in [-0.25, -0.2) is 4.98 Å². The monoisotopic (exact) mass is 299 g/mol. The first-order valence-corrected chi connectivity index (χ1v) is 7.47. The Morgan fingerprint density at radius 3 is 2.78 bits per heavy atom. The maximum atomic E-state index is 12.6. The maximum Gasteiger partial charge on any atom is 0.261 e. The molecule has 2 aromatic carbocycles. The van der Waals surface area contributed by atoms with E-state index >= 15 is 0 Å². The molecule has 4 heteroatoms. The number of nitrogens with zero attached hydrogens (tertiary/aromatic N) is 3. The van der Waals surface area contributed by atoms with Crippen LogP contribution in [0.25, 0.3) is 22.6 Å². The molecule has 110 valence electrons. The van der Waals surface area contributed by atoms with Crippen molar-refractivity contribution < 1.29 is 0 Å². The van der Waals surface area contributed by atoms with Crippen LogP contribution in [0.1, 0.15) is 23.4 Å². The molecule has 4 rings (SSSR count). The van der Waals surface area contributed by atoms with Crippen LogP contribution in [0, 0.1) is 11.3 Å². The third-order valence-electron chi connectivity index (χ3n) is 4.12. The number of rotatable bonds is 1. The zero-order valence-corrected chi connectivity index (χ0v) is 12.4. The van der Waals surface area contributed by atoms with E-state index in [1.807, 2.05) is 30.3 Å². The van der Waals surface area contributed by atoms with Crippen LogP contribution in [0.3, 0.4) is 0 Å². The molecule has 1 aromatic heterocycles. The first-order chi connectivity index (χ1) is 11.3. The van der Waals surface area contributed by atoms with Gasteiger partial charge in [0, 0.05) is 6.54 Å². The maximum absolute atomic E-state index is 12.6.